The second-order valence-electron chi connectivity index (χ2n) is 5.18. The fourth-order valence-electron chi connectivity index (χ4n) is 2.56. The molecule has 2 rings (SSSR count). The van der Waals surface area contributed by atoms with E-state index in [-0.39, 0.29) is 0 Å². The Balaban J connectivity index is 2.55. The first kappa shape index (κ1) is 12.7. The maximum atomic E-state index is 6.14. The number of nitrogen functional groups attached to an aromatic ring is 1. The zero-order valence-corrected chi connectivity index (χ0v) is 11.6. The normalized spacial score (nSPS) is 18.7. The predicted octanol–water partition coefficient (Wildman–Crippen LogP) is 3.83. The van der Waals surface area contributed by atoms with Gasteiger partial charge in [-0.25, -0.2) is 0 Å². The molecule has 0 saturated heterocycles. The molecule has 1 aliphatic rings. The van der Waals surface area contributed by atoms with Gasteiger partial charge in [0.25, 0.3) is 0 Å². The van der Waals surface area contributed by atoms with Gasteiger partial charge in [-0.15, -0.1) is 0 Å². The van der Waals surface area contributed by atoms with Gasteiger partial charge in [-0.3, -0.25) is 0 Å². The van der Waals surface area contributed by atoms with Crippen molar-refractivity contribution in [2.45, 2.75) is 26.7 Å². The molecule has 18 heavy (non-hydrogen) atoms. The third-order valence-electron chi connectivity index (χ3n) is 3.95. The highest BCUT2D eigenvalue weighted by Gasteiger charge is 2.24. The molecule has 1 aromatic carbocycles. The molecule has 0 amide bonds. The first-order chi connectivity index (χ1) is 8.45. The first-order valence-electron chi connectivity index (χ1n) is 6.48. The van der Waals surface area contributed by atoms with Gasteiger partial charge in [0.2, 0.25) is 0 Å². The van der Waals surface area contributed by atoms with E-state index in [1.54, 1.807) is 0 Å². The summed E-state index contributed by atoms with van der Waals surface area (Å²) in [4.78, 5) is 2.18. The number of rotatable bonds is 2. The summed E-state index contributed by atoms with van der Waals surface area (Å²) in [5.74, 6) is 0.474. The lowest BCUT2D eigenvalue weighted by Gasteiger charge is -2.34. The molecule has 2 N–H and O–H groups in total. The Kier molecular flexibility index (Phi) is 3.20. The van der Waals surface area contributed by atoms with E-state index in [0.717, 1.165) is 29.7 Å². The van der Waals surface area contributed by atoms with E-state index >= 15 is 0 Å². The van der Waals surface area contributed by atoms with Gasteiger partial charge in [-0.05, 0) is 42.0 Å². The van der Waals surface area contributed by atoms with E-state index in [0.29, 0.717) is 5.92 Å². The standard InChI is InChI=1S/C16H22N2/c1-6-10(2)14-9-16-13(8-15(14)17)7-11(3)12(4)18(16)5/h8-9,11H,2,4,6-7,17H2,1,3,5H3. The van der Waals surface area contributed by atoms with Gasteiger partial charge in [-0.2, -0.15) is 0 Å². The lowest BCUT2D eigenvalue weighted by Crippen LogP contribution is -2.28. The molecule has 0 fully saturated rings. The Morgan fingerprint density at radius 2 is 2.17 bits per heavy atom. The third kappa shape index (κ3) is 1.92. The van der Waals surface area contributed by atoms with Crippen LogP contribution in [0.1, 0.15) is 31.4 Å². The Bertz CT molecular complexity index is 514. The Morgan fingerprint density at radius 1 is 1.50 bits per heavy atom. The molecule has 0 aliphatic carbocycles. The van der Waals surface area contributed by atoms with Crippen LogP contribution in [-0.2, 0) is 6.42 Å². The molecular weight excluding hydrogens is 220 g/mol. The third-order valence-corrected chi connectivity index (χ3v) is 3.95. The number of benzene rings is 1. The minimum Gasteiger partial charge on any atom is -0.398 e. The fourth-order valence-corrected chi connectivity index (χ4v) is 2.56. The van der Waals surface area contributed by atoms with Crippen LogP contribution in [0.3, 0.4) is 0 Å². The SMILES string of the molecule is C=C(CC)c1cc2c(cc1N)CC(C)C(=C)N2C. The van der Waals surface area contributed by atoms with Crippen LogP contribution in [0.5, 0.6) is 0 Å². The van der Waals surface area contributed by atoms with Crippen LogP contribution < -0.4 is 10.6 Å². The molecule has 1 aromatic rings. The number of hydrogen-bond acceptors (Lipinski definition) is 2. The van der Waals surface area contributed by atoms with E-state index in [9.17, 15) is 0 Å². The average molecular weight is 242 g/mol. The summed E-state index contributed by atoms with van der Waals surface area (Å²) in [5, 5.41) is 0. The smallest absolute Gasteiger partial charge is 0.0445 e. The molecule has 0 saturated carbocycles. The largest absolute Gasteiger partial charge is 0.398 e. The molecule has 2 nitrogen and oxygen atoms in total. The van der Waals surface area contributed by atoms with Crippen molar-refractivity contribution in [2.24, 2.45) is 5.92 Å². The van der Waals surface area contributed by atoms with Crippen molar-refractivity contribution >= 4 is 16.9 Å². The van der Waals surface area contributed by atoms with Crippen molar-refractivity contribution in [1.82, 2.24) is 0 Å². The summed E-state index contributed by atoms with van der Waals surface area (Å²) in [5.41, 5.74) is 12.8. The molecule has 1 unspecified atom stereocenters. The summed E-state index contributed by atoms with van der Waals surface area (Å²) in [6.45, 7) is 12.6. The van der Waals surface area contributed by atoms with Crippen LogP contribution in [0, 0.1) is 5.92 Å². The highest BCUT2D eigenvalue weighted by molar-refractivity contribution is 5.79. The highest BCUT2D eigenvalue weighted by atomic mass is 15.1. The lowest BCUT2D eigenvalue weighted by molar-refractivity contribution is 0.634. The van der Waals surface area contributed by atoms with Crippen molar-refractivity contribution in [2.75, 3.05) is 17.7 Å². The van der Waals surface area contributed by atoms with Crippen LogP contribution in [0.2, 0.25) is 0 Å². The Morgan fingerprint density at radius 3 is 2.78 bits per heavy atom. The number of allylic oxidation sites excluding steroid dienone is 2. The molecule has 0 bridgehead atoms. The topological polar surface area (TPSA) is 29.3 Å². The van der Waals surface area contributed by atoms with E-state index in [4.69, 9.17) is 5.73 Å². The van der Waals surface area contributed by atoms with Crippen LogP contribution in [0.15, 0.2) is 31.0 Å². The van der Waals surface area contributed by atoms with Crippen LogP contribution in [-0.4, -0.2) is 7.05 Å². The van der Waals surface area contributed by atoms with E-state index in [1.807, 2.05) is 0 Å². The van der Waals surface area contributed by atoms with Gasteiger partial charge >= 0.3 is 0 Å². The zero-order valence-electron chi connectivity index (χ0n) is 11.6. The predicted molar refractivity (Wildman–Crippen MR) is 80.6 cm³/mol. The van der Waals surface area contributed by atoms with Crippen molar-refractivity contribution in [3.05, 3.63) is 42.1 Å². The summed E-state index contributed by atoms with van der Waals surface area (Å²) in [7, 11) is 2.07. The molecule has 96 valence electrons. The number of nitrogens with two attached hydrogens (primary N) is 1. The molecule has 1 heterocycles. The molecular formula is C16H22N2. The van der Waals surface area contributed by atoms with Crippen LogP contribution in [0.4, 0.5) is 11.4 Å². The Labute approximate surface area is 110 Å². The average Bonchev–Trinajstić information content (AvgIpc) is 2.35. The molecule has 1 aliphatic heterocycles. The molecule has 0 spiro atoms. The van der Waals surface area contributed by atoms with E-state index in [2.05, 4.69) is 51.1 Å². The van der Waals surface area contributed by atoms with Gasteiger partial charge in [-0.1, -0.05) is 27.0 Å². The Hall–Kier alpha value is -1.70. The van der Waals surface area contributed by atoms with Crippen LogP contribution >= 0.6 is 0 Å². The second kappa shape index (κ2) is 4.52. The van der Waals surface area contributed by atoms with Crippen LogP contribution in [0.25, 0.3) is 5.57 Å². The van der Waals surface area contributed by atoms with Gasteiger partial charge in [0, 0.05) is 29.7 Å². The summed E-state index contributed by atoms with van der Waals surface area (Å²) < 4.78 is 0. The lowest BCUT2D eigenvalue weighted by atomic mass is 9.89. The number of anilines is 2. The van der Waals surface area contributed by atoms with E-state index in [1.165, 1.54) is 16.9 Å². The first-order valence-corrected chi connectivity index (χ1v) is 6.48. The second-order valence-corrected chi connectivity index (χ2v) is 5.18. The number of fused-ring (bicyclic) bond motifs is 1. The quantitative estimate of drug-likeness (QED) is 0.798. The summed E-state index contributed by atoms with van der Waals surface area (Å²) in [6, 6.07) is 4.26. The monoisotopic (exact) mass is 242 g/mol. The van der Waals surface area contributed by atoms with Gasteiger partial charge in [0.1, 0.15) is 0 Å². The van der Waals surface area contributed by atoms with Crippen molar-refractivity contribution in [3.8, 4) is 0 Å². The van der Waals surface area contributed by atoms with E-state index < -0.39 is 0 Å². The van der Waals surface area contributed by atoms with Crippen molar-refractivity contribution < 1.29 is 0 Å². The minimum absolute atomic E-state index is 0.474. The summed E-state index contributed by atoms with van der Waals surface area (Å²) in [6.07, 6.45) is 1.94. The van der Waals surface area contributed by atoms with Gasteiger partial charge in [0.05, 0.1) is 0 Å². The summed E-state index contributed by atoms with van der Waals surface area (Å²) >= 11 is 0. The van der Waals surface area contributed by atoms with Crippen molar-refractivity contribution in [1.29, 1.82) is 0 Å². The van der Waals surface area contributed by atoms with Gasteiger partial charge < -0.3 is 10.6 Å². The number of hydrogen-bond donors (Lipinski definition) is 1. The minimum atomic E-state index is 0.474. The maximum absolute atomic E-state index is 6.14. The fraction of sp³-hybridized carbons (Fsp3) is 0.375. The molecule has 0 aromatic heterocycles. The number of nitrogens with zero attached hydrogens (tertiary/aromatic N) is 1. The van der Waals surface area contributed by atoms with Crippen molar-refractivity contribution in [3.63, 3.8) is 0 Å². The molecule has 2 heteroatoms. The molecule has 1 atom stereocenters. The maximum Gasteiger partial charge on any atom is 0.0445 e. The highest BCUT2D eigenvalue weighted by Crippen LogP contribution is 2.38. The molecule has 0 radical (unpaired) electrons. The zero-order chi connectivity index (χ0) is 13.4. The van der Waals surface area contributed by atoms with Gasteiger partial charge in [0.15, 0.2) is 0 Å².